The van der Waals surface area contributed by atoms with Gasteiger partial charge in [0.1, 0.15) is 5.82 Å². The number of benzene rings is 1. The fourth-order valence-electron chi connectivity index (χ4n) is 1.94. The lowest BCUT2D eigenvalue weighted by Gasteiger charge is -2.14. The zero-order valence-corrected chi connectivity index (χ0v) is 11.5. The van der Waals surface area contributed by atoms with Gasteiger partial charge in [0.05, 0.1) is 4.47 Å². The summed E-state index contributed by atoms with van der Waals surface area (Å²) < 4.78 is 13.6. The fourth-order valence-corrected chi connectivity index (χ4v) is 2.18. The van der Waals surface area contributed by atoms with E-state index in [0.29, 0.717) is 23.0 Å². The number of aliphatic hydroxyl groups is 1. The van der Waals surface area contributed by atoms with Crippen molar-refractivity contribution in [3.8, 4) is 0 Å². The molecule has 1 aliphatic rings. The molecular weight excluding hydrogens is 301 g/mol. The highest BCUT2D eigenvalue weighted by atomic mass is 79.9. The number of carbonyl (C=O) groups excluding carboxylic acids is 1. The topological polar surface area (TPSA) is 49.3 Å². The van der Waals surface area contributed by atoms with Crippen LogP contribution in [0.4, 0.5) is 4.39 Å². The molecule has 1 aromatic carbocycles. The quantitative estimate of drug-likeness (QED) is 0.877. The van der Waals surface area contributed by atoms with Crippen LogP contribution in [0.1, 0.15) is 29.6 Å². The summed E-state index contributed by atoms with van der Waals surface area (Å²) in [6, 6.07) is 4.31. The van der Waals surface area contributed by atoms with Crippen molar-refractivity contribution < 1.29 is 14.3 Å². The van der Waals surface area contributed by atoms with Gasteiger partial charge < -0.3 is 10.4 Å². The smallest absolute Gasteiger partial charge is 0.251 e. The van der Waals surface area contributed by atoms with Gasteiger partial charge in [-0.15, -0.1) is 0 Å². The Labute approximate surface area is 114 Å². The molecule has 3 nitrogen and oxygen atoms in total. The van der Waals surface area contributed by atoms with Gasteiger partial charge in [-0.1, -0.05) is 0 Å². The molecule has 0 radical (unpaired) electrons. The molecular formula is C13H15BrFNO2. The number of halogens is 2. The minimum atomic E-state index is -0.445. The first-order valence-electron chi connectivity index (χ1n) is 5.90. The van der Waals surface area contributed by atoms with Crippen LogP contribution < -0.4 is 5.32 Å². The van der Waals surface area contributed by atoms with E-state index in [4.69, 9.17) is 5.11 Å². The van der Waals surface area contributed by atoms with Crippen LogP contribution in [0.3, 0.4) is 0 Å². The van der Waals surface area contributed by atoms with E-state index >= 15 is 0 Å². The molecule has 1 aromatic rings. The van der Waals surface area contributed by atoms with E-state index in [9.17, 15) is 9.18 Å². The van der Waals surface area contributed by atoms with Gasteiger partial charge in [-0.25, -0.2) is 4.39 Å². The summed E-state index contributed by atoms with van der Waals surface area (Å²) in [4.78, 5) is 11.8. The number of nitrogens with one attached hydrogen (secondary N) is 1. The molecule has 0 aromatic heterocycles. The lowest BCUT2D eigenvalue weighted by molar-refractivity contribution is 0.0940. The highest BCUT2D eigenvalue weighted by Gasteiger charge is 2.41. The summed E-state index contributed by atoms with van der Waals surface area (Å²) in [7, 11) is 0. The molecule has 1 aliphatic carbocycles. The Morgan fingerprint density at radius 1 is 1.50 bits per heavy atom. The number of rotatable bonds is 5. The first-order chi connectivity index (χ1) is 8.56. The predicted octanol–water partition coefficient (Wildman–Crippen LogP) is 2.48. The molecule has 1 saturated carbocycles. The van der Waals surface area contributed by atoms with E-state index in [1.807, 2.05) is 0 Å². The molecule has 0 saturated heterocycles. The van der Waals surface area contributed by atoms with Crippen molar-refractivity contribution in [3.05, 3.63) is 34.1 Å². The summed E-state index contributed by atoms with van der Waals surface area (Å²) in [6.45, 7) is 0.687. The number of hydrogen-bond donors (Lipinski definition) is 2. The third kappa shape index (κ3) is 3.09. The second-order valence-corrected chi connectivity index (χ2v) is 5.64. The molecule has 0 atom stereocenters. The summed E-state index contributed by atoms with van der Waals surface area (Å²) >= 11 is 3.05. The molecule has 0 spiro atoms. The molecule has 18 heavy (non-hydrogen) atoms. The monoisotopic (exact) mass is 315 g/mol. The van der Waals surface area contributed by atoms with Gasteiger partial charge in [-0.05, 0) is 58.8 Å². The predicted molar refractivity (Wildman–Crippen MR) is 69.8 cm³/mol. The van der Waals surface area contributed by atoms with Crippen molar-refractivity contribution in [3.63, 3.8) is 0 Å². The number of hydrogen-bond acceptors (Lipinski definition) is 2. The highest BCUT2D eigenvalue weighted by Crippen LogP contribution is 2.47. The van der Waals surface area contributed by atoms with Gasteiger partial charge in [0.15, 0.2) is 0 Å². The Morgan fingerprint density at radius 3 is 2.78 bits per heavy atom. The summed E-state index contributed by atoms with van der Waals surface area (Å²) in [6.07, 6.45) is 2.77. The summed E-state index contributed by atoms with van der Waals surface area (Å²) in [5, 5.41) is 11.7. The van der Waals surface area contributed by atoms with E-state index in [1.165, 1.54) is 12.1 Å². The van der Waals surface area contributed by atoms with Gasteiger partial charge in [0, 0.05) is 18.7 Å². The maximum atomic E-state index is 13.3. The van der Waals surface area contributed by atoms with Crippen LogP contribution in [0.25, 0.3) is 0 Å². The lowest BCUT2D eigenvalue weighted by atomic mass is 10.0. The maximum Gasteiger partial charge on any atom is 0.251 e. The third-order valence-electron chi connectivity index (χ3n) is 3.40. The second kappa shape index (κ2) is 5.36. The van der Waals surface area contributed by atoms with Crippen LogP contribution in [0.2, 0.25) is 0 Å². The van der Waals surface area contributed by atoms with E-state index < -0.39 is 5.82 Å². The van der Waals surface area contributed by atoms with Crippen molar-refractivity contribution in [1.82, 2.24) is 5.32 Å². The Hall–Kier alpha value is -0.940. The van der Waals surface area contributed by atoms with E-state index in [2.05, 4.69) is 21.2 Å². The van der Waals surface area contributed by atoms with Gasteiger partial charge in [0.25, 0.3) is 5.91 Å². The van der Waals surface area contributed by atoms with Gasteiger partial charge in [0.2, 0.25) is 0 Å². The molecule has 1 amide bonds. The Bertz CT molecular complexity index is 460. The zero-order chi connectivity index (χ0) is 13.2. The Morgan fingerprint density at radius 2 is 2.22 bits per heavy atom. The van der Waals surface area contributed by atoms with Gasteiger partial charge in [-0.3, -0.25) is 4.79 Å². The van der Waals surface area contributed by atoms with Crippen LogP contribution in [-0.2, 0) is 0 Å². The summed E-state index contributed by atoms with van der Waals surface area (Å²) in [5.41, 5.74) is 0.383. The van der Waals surface area contributed by atoms with Crippen LogP contribution >= 0.6 is 15.9 Å². The number of amides is 1. The summed E-state index contributed by atoms with van der Waals surface area (Å²) in [5.74, 6) is -0.718. The van der Waals surface area contributed by atoms with Crippen molar-refractivity contribution in [1.29, 1.82) is 0 Å². The van der Waals surface area contributed by atoms with Crippen molar-refractivity contribution >= 4 is 21.8 Å². The molecule has 0 heterocycles. The molecule has 0 bridgehead atoms. The lowest BCUT2D eigenvalue weighted by Crippen LogP contribution is -2.30. The van der Waals surface area contributed by atoms with Crippen LogP contribution in [-0.4, -0.2) is 24.2 Å². The average Bonchev–Trinajstić information content (AvgIpc) is 3.11. The Kier molecular flexibility index (Phi) is 4.02. The van der Waals surface area contributed by atoms with Crippen LogP contribution in [0, 0.1) is 11.2 Å². The fraction of sp³-hybridized carbons (Fsp3) is 0.462. The number of carbonyl (C=O) groups is 1. The Balaban J connectivity index is 1.93. The van der Waals surface area contributed by atoms with Gasteiger partial charge in [-0.2, -0.15) is 0 Å². The van der Waals surface area contributed by atoms with Crippen LogP contribution in [0.15, 0.2) is 22.7 Å². The van der Waals surface area contributed by atoms with E-state index in [-0.39, 0.29) is 17.9 Å². The standard InChI is InChI=1S/C13H15BrFNO2/c14-10-2-1-9(7-11(10)15)12(18)16-8-13(3-4-13)5-6-17/h1-2,7,17H,3-6,8H2,(H,16,18). The van der Waals surface area contributed by atoms with E-state index in [1.54, 1.807) is 6.07 Å². The molecule has 0 aliphatic heterocycles. The average molecular weight is 316 g/mol. The number of aliphatic hydroxyl groups excluding tert-OH is 1. The molecule has 1 fully saturated rings. The van der Waals surface area contributed by atoms with Crippen molar-refractivity contribution in [2.45, 2.75) is 19.3 Å². The maximum absolute atomic E-state index is 13.3. The van der Waals surface area contributed by atoms with E-state index in [0.717, 1.165) is 12.8 Å². The second-order valence-electron chi connectivity index (χ2n) is 4.79. The largest absolute Gasteiger partial charge is 0.396 e. The molecule has 0 unspecified atom stereocenters. The first-order valence-corrected chi connectivity index (χ1v) is 6.70. The molecule has 5 heteroatoms. The highest BCUT2D eigenvalue weighted by molar-refractivity contribution is 9.10. The van der Waals surface area contributed by atoms with Gasteiger partial charge >= 0.3 is 0 Å². The van der Waals surface area contributed by atoms with Crippen LogP contribution in [0.5, 0.6) is 0 Å². The van der Waals surface area contributed by atoms with Crippen molar-refractivity contribution in [2.75, 3.05) is 13.2 Å². The molecule has 2 N–H and O–H groups in total. The molecule has 98 valence electrons. The minimum absolute atomic E-state index is 0.0678. The third-order valence-corrected chi connectivity index (χ3v) is 4.05. The normalized spacial score (nSPS) is 16.4. The minimum Gasteiger partial charge on any atom is -0.396 e. The SMILES string of the molecule is O=C(NCC1(CCO)CC1)c1ccc(Br)c(F)c1. The zero-order valence-electron chi connectivity index (χ0n) is 9.88. The molecule has 2 rings (SSSR count). The van der Waals surface area contributed by atoms with Crippen molar-refractivity contribution in [2.24, 2.45) is 5.41 Å². The first kappa shape index (κ1) is 13.5.